The van der Waals surface area contributed by atoms with Gasteiger partial charge in [0, 0.05) is 19.3 Å². The van der Waals surface area contributed by atoms with E-state index in [1.54, 1.807) is 0 Å². The fourth-order valence-electron chi connectivity index (χ4n) is 3.24. The second-order valence-corrected chi connectivity index (χ2v) is 7.60. The summed E-state index contributed by atoms with van der Waals surface area (Å²) in [5.41, 5.74) is -0.361. The normalized spacial score (nSPS) is 20.4. The van der Waals surface area contributed by atoms with E-state index in [4.69, 9.17) is 19.7 Å². The number of unbranched alkanes of at least 4 members (excludes halogenated alkanes) is 2. The average molecular weight is 386 g/mol. The number of carboxylic acids is 2. The largest absolute Gasteiger partial charge is 0.481 e. The summed E-state index contributed by atoms with van der Waals surface area (Å²) in [6, 6.07) is 0. The van der Waals surface area contributed by atoms with Crippen molar-refractivity contribution in [1.82, 2.24) is 0 Å². The van der Waals surface area contributed by atoms with Gasteiger partial charge in [-0.3, -0.25) is 19.2 Å². The third-order valence-corrected chi connectivity index (χ3v) is 5.25. The molecular weight excluding hydrogens is 356 g/mol. The molecule has 0 radical (unpaired) electrons. The Morgan fingerprint density at radius 2 is 1.41 bits per heavy atom. The summed E-state index contributed by atoms with van der Waals surface area (Å²) < 4.78 is 10.4. The molecule has 1 fully saturated rings. The molecule has 0 aromatic rings. The van der Waals surface area contributed by atoms with Crippen LogP contribution in [-0.4, -0.2) is 47.3 Å². The first-order chi connectivity index (χ1) is 12.6. The molecule has 0 aliphatic heterocycles. The first kappa shape index (κ1) is 22.9. The summed E-state index contributed by atoms with van der Waals surface area (Å²) in [5.74, 6) is -2.59. The number of carbonyl (C=O) groups is 4. The SMILES string of the molecule is CC1(C)C(CC(=O)OCCCCC(=O)O)CC1C(=O)OCCCCC(=O)O. The van der Waals surface area contributed by atoms with Crippen molar-refractivity contribution in [2.24, 2.45) is 17.3 Å². The third-order valence-electron chi connectivity index (χ3n) is 5.25. The number of rotatable bonds is 13. The van der Waals surface area contributed by atoms with E-state index in [0.717, 1.165) is 0 Å². The van der Waals surface area contributed by atoms with Crippen molar-refractivity contribution in [1.29, 1.82) is 0 Å². The van der Waals surface area contributed by atoms with Crippen molar-refractivity contribution in [3.05, 3.63) is 0 Å². The molecular formula is C19H30O8. The molecule has 8 heteroatoms. The lowest BCUT2D eigenvalue weighted by Crippen LogP contribution is -2.50. The molecule has 2 unspecified atom stereocenters. The maximum atomic E-state index is 12.2. The van der Waals surface area contributed by atoms with Gasteiger partial charge in [0.15, 0.2) is 0 Å². The second-order valence-electron chi connectivity index (χ2n) is 7.60. The smallest absolute Gasteiger partial charge is 0.309 e. The van der Waals surface area contributed by atoms with E-state index in [-0.39, 0.29) is 61.7 Å². The van der Waals surface area contributed by atoms with Gasteiger partial charge in [0.05, 0.1) is 19.1 Å². The molecule has 1 saturated carbocycles. The van der Waals surface area contributed by atoms with Gasteiger partial charge in [-0.25, -0.2) is 0 Å². The fourth-order valence-corrected chi connectivity index (χ4v) is 3.24. The molecule has 0 bridgehead atoms. The monoisotopic (exact) mass is 386 g/mol. The Bertz CT molecular complexity index is 540. The summed E-state index contributed by atoms with van der Waals surface area (Å²) in [6.45, 7) is 4.28. The zero-order chi connectivity index (χ0) is 20.4. The minimum absolute atomic E-state index is 0.0357. The predicted octanol–water partition coefficient (Wildman–Crippen LogP) is 2.64. The van der Waals surface area contributed by atoms with Gasteiger partial charge in [0.25, 0.3) is 0 Å². The van der Waals surface area contributed by atoms with Gasteiger partial charge < -0.3 is 19.7 Å². The number of hydrogen-bond donors (Lipinski definition) is 2. The van der Waals surface area contributed by atoms with E-state index >= 15 is 0 Å². The molecule has 27 heavy (non-hydrogen) atoms. The van der Waals surface area contributed by atoms with Gasteiger partial charge in [-0.05, 0) is 43.4 Å². The Hall–Kier alpha value is -2.12. The Balaban J connectivity index is 2.23. The van der Waals surface area contributed by atoms with Crippen molar-refractivity contribution in [3.63, 3.8) is 0 Å². The van der Waals surface area contributed by atoms with Crippen LogP contribution in [0.1, 0.15) is 65.2 Å². The van der Waals surface area contributed by atoms with Crippen LogP contribution in [0.3, 0.4) is 0 Å². The second kappa shape index (κ2) is 10.9. The van der Waals surface area contributed by atoms with Crippen LogP contribution in [0.25, 0.3) is 0 Å². The molecule has 0 saturated heterocycles. The third kappa shape index (κ3) is 7.97. The minimum Gasteiger partial charge on any atom is -0.481 e. The van der Waals surface area contributed by atoms with Gasteiger partial charge in [-0.15, -0.1) is 0 Å². The summed E-state index contributed by atoms with van der Waals surface area (Å²) in [5, 5.41) is 17.1. The molecule has 8 nitrogen and oxygen atoms in total. The standard InChI is InChI=1S/C19H30O8/c1-19(2)13(12-17(24)26-9-5-3-7-15(20)21)11-14(19)18(25)27-10-6-4-8-16(22)23/h13-14H,3-12H2,1-2H3,(H,20,21)(H,22,23). The molecule has 0 aromatic carbocycles. The van der Waals surface area contributed by atoms with Gasteiger partial charge in [0.2, 0.25) is 0 Å². The van der Waals surface area contributed by atoms with Crippen LogP contribution < -0.4 is 0 Å². The van der Waals surface area contributed by atoms with Crippen LogP contribution in [-0.2, 0) is 28.7 Å². The molecule has 1 aliphatic rings. The molecule has 1 aliphatic carbocycles. The Kier molecular flexibility index (Phi) is 9.25. The van der Waals surface area contributed by atoms with E-state index in [9.17, 15) is 19.2 Å². The van der Waals surface area contributed by atoms with Crippen LogP contribution in [0.2, 0.25) is 0 Å². The topological polar surface area (TPSA) is 127 Å². The maximum Gasteiger partial charge on any atom is 0.309 e. The summed E-state index contributed by atoms with van der Waals surface area (Å²) >= 11 is 0. The fraction of sp³-hybridized carbons (Fsp3) is 0.789. The van der Waals surface area contributed by atoms with Crippen molar-refractivity contribution >= 4 is 23.9 Å². The number of esters is 2. The van der Waals surface area contributed by atoms with Crippen LogP contribution in [0.4, 0.5) is 0 Å². The van der Waals surface area contributed by atoms with Gasteiger partial charge in [0.1, 0.15) is 0 Å². The molecule has 0 spiro atoms. The summed E-state index contributed by atoms with van der Waals surface area (Å²) in [7, 11) is 0. The van der Waals surface area contributed by atoms with Crippen molar-refractivity contribution in [2.75, 3.05) is 13.2 Å². The van der Waals surface area contributed by atoms with Crippen LogP contribution in [0, 0.1) is 17.3 Å². The number of aliphatic carboxylic acids is 2. The number of carboxylic acid groups (broad SMARTS) is 2. The molecule has 1 rings (SSSR count). The first-order valence-electron chi connectivity index (χ1n) is 9.40. The summed E-state index contributed by atoms with van der Waals surface area (Å²) in [6.07, 6.45) is 2.89. The summed E-state index contributed by atoms with van der Waals surface area (Å²) in [4.78, 5) is 44.9. The number of carbonyl (C=O) groups excluding carboxylic acids is 2. The number of ether oxygens (including phenoxy) is 2. The highest BCUT2D eigenvalue weighted by Crippen LogP contribution is 2.53. The predicted molar refractivity (Wildman–Crippen MR) is 94.9 cm³/mol. The lowest BCUT2D eigenvalue weighted by atomic mass is 9.54. The van der Waals surface area contributed by atoms with Crippen LogP contribution in [0.5, 0.6) is 0 Å². The first-order valence-corrected chi connectivity index (χ1v) is 9.40. The van der Waals surface area contributed by atoms with E-state index < -0.39 is 11.9 Å². The zero-order valence-corrected chi connectivity index (χ0v) is 16.1. The van der Waals surface area contributed by atoms with Gasteiger partial charge in [-0.2, -0.15) is 0 Å². The molecule has 0 heterocycles. The highest BCUT2D eigenvalue weighted by molar-refractivity contribution is 5.76. The molecule has 0 aromatic heterocycles. The molecule has 2 atom stereocenters. The van der Waals surface area contributed by atoms with Crippen molar-refractivity contribution in [3.8, 4) is 0 Å². The van der Waals surface area contributed by atoms with E-state index in [1.807, 2.05) is 13.8 Å². The van der Waals surface area contributed by atoms with Crippen LogP contribution >= 0.6 is 0 Å². The lowest BCUT2D eigenvalue weighted by molar-refractivity contribution is -0.170. The molecule has 2 N–H and O–H groups in total. The minimum atomic E-state index is -0.864. The lowest BCUT2D eigenvalue weighted by Gasteiger charge is -2.50. The van der Waals surface area contributed by atoms with Gasteiger partial charge >= 0.3 is 23.9 Å². The van der Waals surface area contributed by atoms with Crippen molar-refractivity contribution < 1.29 is 38.9 Å². The highest BCUT2D eigenvalue weighted by atomic mass is 16.5. The van der Waals surface area contributed by atoms with Gasteiger partial charge in [-0.1, -0.05) is 13.8 Å². The zero-order valence-electron chi connectivity index (χ0n) is 16.1. The molecule has 0 amide bonds. The van der Waals surface area contributed by atoms with Crippen LogP contribution in [0.15, 0.2) is 0 Å². The van der Waals surface area contributed by atoms with E-state index in [2.05, 4.69) is 0 Å². The Labute approximate surface area is 159 Å². The Morgan fingerprint density at radius 1 is 0.889 bits per heavy atom. The average Bonchev–Trinajstić information content (AvgIpc) is 2.56. The highest BCUT2D eigenvalue weighted by Gasteiger charge is 2.53. The Morgan fingerprint density at radius 3 is 1.89 bits per heavy atom. The maximum absolute atomic E-state index is 12.2. The molecule has 154 valence electrons. The number of hydrogen-bond acceptors (Lipinski definition) is 6. The van der Waals surface area contributed by atoms with Crippen molar-refractivity contribution in [2.45, 2.75) is 65.2 Å². The van der Waals surface area contributed by atoms with E-state index in [0.29, 0.717) is 32.1 Å². The van der Waals surface area contributed by atoms with E-state index in [1.165, 1.54) is 0 Å². The quantitative estimate of drug-likeness (QED) is 0.365.